The van der Waals surface area contributed by atoms with Crippen molar-refractivity contribution < 1.29 is 17.9 Å². The number of sulfonamides is 1. The molecule has 0 aliphatic carbocycles. The Morgan fingerprint density at radius 1 is 1.12 bits per heavy atom. The summed E-state index contributed by atoms with van der Waals surface area (Å²) < 4.78 is 37.2. The van der Waals surface area contributed by atoms with Crippen molar-refractivity contribution in [1.29, 1.82) is 0 Å². The van der Waals surface area contributed by atoms with Crippen molar-refractivity contribution in [3.05, 3.63) is 30.3 Å². The van der Waals surface area contributed by atoms with Gasteiger partial charge in [-0.15, -0.1) is 0 Å². The van der Waals surface area contributed by atoms with Crippen LogP contribution in [0.1, 0.15) is 13.8 Å². The van der Waals surface area contributed by atoms with Crippen molar-refractivity contribution in [2.24, 2.45) is 4.40 Å². The number of rotatable bonds is 4. The molecule has 0 fully saturated rings. The molecule has 5 nitrogen and oxygen atoms in total. The van der Waals surface area contributed by atoms with E-state index in [-0.39, 0.29) is 11.0 Å². The maximum atomic E-state index is 11.8. The number of nitrogens with zero attached hydrogens (tertiary/aromatic N) is 1. The molecule has 6 heteroatoms. The third kappa shape index (κ3) is 4.07. The molecule has 0 radical (unpaired) electrons. The van der Waals surface area contributed by atoms with E-state index >= 15 is 0 Å². The van der Waals surface area contributed by atoms with Gasteiger partial charge in [-0.1, -0.05) is 22.6 Å². The lowest BCUT2D eigenvalue weighted by atomic mass is 10.4. The molecule has 94 valence electrons. The lowest BCUT2D eigenvalue weighted by molar-refractivity contribution is 0.182. The first-order valence-corrected chi connectivity index (χ1v) is 6.69. The van der Waals surface area contributed by atoms with Gasteiger partial charge in [0, 0.05) is 0 Å². The van der Waals surface area contributed by atoms with Crippen LogP contribution in [0.5, 0.6) is 0 Å². The summed E-state index contributed by atoms with van der Waals surface area (Å²) in [5.41, 5.74) is 0. The highest BCUT2D eigenvalue weighted by Crippen LogP contribution is 2.11. The van der Waals surface area contributed by atoms with Crippen LogP contribution < -0.4 is 0 Å². The molecular weight excluding hydrogens is 242 g/mol. The van der Waals surface area contributed by atoms with Crippen LogP contribution in [0.4, 0.5) is 0 Å². The molecule has 0 unspecified atom stereocenters. The third-order valence-electron chi connectivity index (χ3n) is 1.77. The molecule has 0 aromatic heterocycles. The van der Waals surface area contributed by atoms with Crippen molar-refractivity contribution in [3.63, 3.8) is 0 Å². The van der Waals surface area contributed by atoms with Crippen molar-refractivity contribution in [3.8, 4) is 0 Å². The lowest BCUT2D eigenvalue weighted by Crippen LogP contribution is -2.12. The van der Waals surface area contributed by atoms with E-state index in [2.05, 4.69) is 4.40 Å². The number of hydrogen-bond donors (Lipinski definition) is 0. The summed E-state index contributed by atoms with van der Waals surface area (Å²) in [6, 6.07) is 7.92. The van der Waals surface area contributed by atoms with Gasteiger partial charge in [0.15, 0.2) is 0 Å². The fourth-order valence-corrected chi connectivity index (χ4v) is 1.99. The molecule has 1 rings (SSSR count). The highest BCUT2D eigenvalue weighted by Gasteiger charge is 2.15. The number of ether oxygens (including phenoxy) is 2. The molecule has 1 aromatic carbocycles. The van der Waals surface area contributed by atoms with Crippen LogP contribution >= 0.6 is 0 Å². The maximum Gasteiger partial charge on any atom is 0.399 e. The zero-order chi connectivity index (χ0) is 12.7. The van der Waals surface area contributed by atoms with Gasteiger partial charge in [-0.25, -0.2) is 0 Å². The predicted octanol–water partition coefficient (Wildman–Crippen LogP) is 1.80. The van der Waals surface area contributed by atoms with Gasteiger partial charge in [-0.2, -0.15) is 8.42 Å². The fraction of sp³-hybridized carbons (Fsp3) is 0.364. The van der Waals surface area contributed by atoms with Gasteiger partial charge in [-0.05, 0) is 26.0 Å². The normalized spacial score (nSPS) is 10.7. The second-order valence-electron chi connectivity index (χ2n) is 3.01. The van der Waals surface area contributed by atoms with E-state index in [1.54, 1.807) is 32.0 Å². The van der Waals surface area contributed by atoms with E-state index < -0.39 is 10.0 Å². The van der Waals surface area contributed by atoms with E-state index in [9.17, 15) is 8.42 Å². The zero-order valence-electron chi connectivity index (χ0n) is 9.79. The van der Waals surface area contributed by atoms with Crippen LogP contribution in [0.3, 0.4) is 0 Å². The summed E-state index contributed by atoms with van der Waals surface area (Å²) >= 11 is 0. The molecule has 0 spiro atoms. The van der Waals surface area contributed by atoms with Gasteiger partial charge in [0.25, 0.3) is 10.0 Å². The first-order valence-electron chi connectivity index (χ1n) is 5.25. The molecule has 0 N–H and O–H groups in total. The summed E-state index contributed by atoms with van der Waals surface area (Å²) in [5, 5.41) is 0. The summed E-state index contributed by atoms with van der Waals surface area (Å²) in [7, 11) is -3.77. The molecule has 0 saturated heterocycles. The Bertz CT molecular complexity index is 460. The highest BCUT2D eigenvalue weighted by molar-refractivity contribution is 7.90. The molecule has 17 heavy (non-hydrogen) atoms. The molecular formula is C11H15NO4S. The van der Waals surface area contributed by atoms with Crippen molar-refractivity contribution >= 4 is 16.1 Å². The average molecular weight is 257 g/mol. The Morgan fingerprint density at radius 2 is 1.65 bits per heavy atom. The monoisotopic (exact) mass is 257 g/mol. The minimum atomic E-state index is -3.77. The second-order valence-corrected chi connectivity index (χ2v) is 4.62. The van der Waals surface area contributed by atoms with E-state index in [0.717, 1.165) is 0 Å². The van der Waals surface area contributed by atoms with Crippen LogP contribution in [-0.2, 0) is 19.5 Å². The zero-order valence-corrected chi connectivity index (χ0v) is 10.6. The van der Waals surface area contributed by atoms with Gasteiger partial charge >= 0.3 is 6.08 Å². The quantitative estimate of drug-likeness (QED) is 0.609. The minimum Gasteiger partial charge on any atom is -0.450 e. The fourth-order valence-electron chi connectivity index (χ4n) is 1.08. The van der Waals surface area contributed by atoms with Gasteiger partial charge < -0.3 is 9.47 Å². The lowest BCUT2D eigenvalue weighted by Gasteiger charge is -2.06. The minimum absolute atomic E-state index is 0.108. The topological polar surface area (TPSA) is 65.0 Å². The largest absolute Gasteiger partial charge is 0.450 e. The first-order chi connectivity index (χ1) is 8.10. The molecule has 0 amide bonds. The molecule has 0 heterocycles. The molecule has 0 atom stereocenters. The highest BCUT2D eigenvalue weighted by atomic mass is 32.2. The van der Waals surface area contributed by atoms with Gasteiger partial charge in [0.1, 0.15) is 0 Å². The maximum absolute atomic E-state index is 11.8. The first kappa shape index (κ1) is 13.5. The van der Waals surface area contributed by atoms with E-state index in [1.807, 2.05) is 0 Å². The van der Waals surface area contributed by atoms with E-state index in [1.165, 1.54) is 12.1 Å². The Hall–Kier alpha value is -1.56. The van der Waals surface area contributed by atoms with E-state index in [0.29, 0.717) is 13.2 Å². The van der Waals surface area contributed by atoms with Gasteiger partial charge in [0.05, 0.1) is 18.1 Å². The van der Waals surface area contributed by atoms with Crippen LogP contribution in [0.25, 0.3) is 0 Å². The molecule has 0 aliphatic heterocycles. The number of hydrogen-bond acceptors (Lipinski definition) is 4. The van der Waals surface area contributed by atoms with E-state index in [4.69, 9.17) is 9.47 Å². The Labute approximate surface area is 101 Å². The Morgan fingerprint density at radius 3 is 2.12 bits per heavy atom. The smallest absolute Gasteiger partial charge is 0.399 e. The second kappa shape index (κ2) is 6.24. The standard InChI is InChI=1S/C11H15NO4S/c1-3-15-11(16-4-2)12-17(13,14)10-8-6-5-7-9-10/h5-9H,3-4H2,1-2H3. The summed E-state index contributed by atoms with van der Waals surface area (Å²) in [4.78, 5) is 0.108. The van der Waals surface area contributed by atoms with Crippen LogP contribution in [0, 0.1) is 0 Å². The SMILES string of the molecule is CCOC(=NS(=O)(=O)c1ccccc1)OCC. The van der Waals surface area contributed by atoms with Crippen LogP contribution in [-0.4, -0.2) is 27.7 Å². The van der Waals surface area contributed by atoms with Crippen molar-refractivity contribution in [1.82, 2.24) is 0 Å². The van der Waals surface area contributed by atoms with Gasteiger partial charge in [0.2, 0.25) is 0 Å². The summed E-state index contributed by atoms with van der Waals surface area (Å²) in [5.74, 6) is 0. The summed E-state index contributed by atoms with van der Waals surface area (Å²) in [6.07, 6.45) is -0.223. The summed E-state index contributed by atoms with van der Waals surface area (Å²) in [6.45, 7) is 4.04. The average Bonchev–Trinajstić information content (AvgIpc) is 2.30. The Balaban J connectivity index is 3.01. The predicted molar refractivity (Wildman–Crippen MR) is 64.3 cm³/mol. The molecule has 1 aromatic rings. The molecule has 0 saturated carbocycles. The van der Waals surface area contributed by atoms with Crippen molar-refractivity contribution in [2.45, 2.75) is 18.7 Å². The van der Waals surface area contributed by atoms with Crippen molar-refractivity contribution in [2.75, 3.05) is 13.2 Å². The third-order valence-corrected chi connectivity index (χ3v) is 3.03. The number of benzene rings is 1. The molecule has 0 bridgehead atoms. The van der Waals surface area contributed by atoms with Gasteiger partial charge in [-0.3, -0.25) is 0 Å². The molecule has 0 aliphatic rings. The van der Waals surface area contributed by atoms with Crippen LogP contribution in [0.2, 0.25) is 0 Å². The Kier molecular flexibility index (Phi) is 4.96. The van der Waals surface area contributed by atoms with Crippen LogP contribution in [0.15, 0.2) is 39.6 Å².